The first-order valence-corrected chi connectivity index (χ1v) is 6.14. The summed E-state index contributed by atoms with van der Waals surface area (Å²) in [6.45, 7) is 0. The van der Waals surface area contributed by atoms with Gasteiger partial charge in [-0.15, -0.1) is 0 Å². The Labute approximate surface area is 115 Å². The highest BCUT2D eigenvalue weighted by atomic mass is 32.1. The molecule has 5 nitrogen and oxygen atoms in total. The smallest absolute Gasteiger partial charge is 0.303 e. The van der Waals surface area contributed by atoms with Crippen molar-refractivity contribution in [2.24, 2.45) is 0 Å². The number of anilines is 1. The van der Waals surface area contributed by atoms with E-state index in [4.69, 9.17) is 23.1 Å². The van der Waals surface area contributed by atoms with Crippen molar-refractivity contribution in [1.82, 2.24) is 9.97 Å². The van der Waals surface area contributed by atoms with E-state index in [0.717, 1.165) is 11.3 Å². The van der Waals surface area contributed by atoms with Crippen LogP contribution in [0.15, 0.2) is 30.3 Å². The molecule has 1 aromatic heterocycles. The molecule has 98 valence electrons. The molecule has 0 saturated heterocycles. The van der Waals surface area contributed by atoms with E-state index in [1.54, 1.807) is 0 Å². The average molecular weight is 275 g/mol. The number of hydrogen-bond acceptors (Lipinski definition) is 4. The monoisotopic (exact) mass is 275 g/mol. The van der Waals surface area contributed by atoms with E-state index in [-0.39, 0.29) is 12.4 Å². The van der Waals surface area contributed by atoms with E-state index in [0.29, 0.717) is 16.6 Å². The zero-order chi connectivity index (χ0) is 13.8. The van der Waals surface area contributed by atoms with Crippen LogP contribution in [0.2, 0.25) is 0 Å². The summed E-state index contributed by atoms with van der Waals surface area (Å²) in [6, 6.07) is 9.50. The summed E-state index contributed by atoms with van der Waals surface area (Å²) in [6.07, 6.45) is 0.324. The third kappa shape index (κ3) is 3.17. The van der Waals surface area contributed by atoms with E-state index >= 15 is 0 Å². The molecular weight excluding hydrogens is 262 g/mol. The van der Waals surface area contributed by atoms with Crippen LogP contribution in [0.5, 0.6) is 0 Å². The fourth-order valence-electron chi connectivity index (χ4n) is 1.83. The number of nitrogens with two attached hydrogens (primary N) is 1. The van der Waals surface area contributed by atoms with Gasteiger partial charge in [-0.3, -0.25) is 4.79 Å². The number of carboxylic acid groups (broad SMARTS) is 1. The summed E-state index contributed by atoms with van der Waals surface area (Å²) in [5.74, 6) is -0.645. The van der Waals surface area contributed by atoms with Crippen molar-refractivity contribution in [1.29, 1.82) is 0 Å². The van der Waals surface area contributed by atoms with Gasteiger partial charge in [0.15, 0.2) is 5.95 Å². The molecule has 6 heteroatoms. The summed E-state index contributed by atoms with van der Waals surface area (Å²) < 4.78 is 0.344. The van der Waals surface area contributed by atoms with E-state index in [2.05, 4.69) is 9.97 Å². The molecule has 0 radical (unpaired) electrons. The second kappa shape index (κ2) is 5.62. The number of nitrogen functional groups attached to an aromatic ring is 1. The minimum absolute atomic E-state index is 0.00289. The zero-order valence-electron chi connectivity index (χ0n) is 10.1. The predicted octanol–water partition coefficient (Wildman–Crippen LogP) is 2.41. The lowest BCUT2D eigenvalue weighted by Crippen LogP contribution is -2.05. The maximum atomic E-state index is 10.7. The number of carbonyl (C=O) groups is 1. The maximum absolute atomic E-state index is 10.7. The molecule has 0 unspecified atom stereocenters. The van der Waals surface area contributed by atoms with Crippen LogP contribution in [-0.2, 0) is 11.2 Å². The van der Waals surface area contributed by atoms with Crippen molar-refractivity contribution in [3.63, 3.8) is 0 Å². The Morgan fingerprint density at radius 1 is 1.37 bits per heavy atom. The number of hydrogen-bond donors (Lipinski definition) is 3. The summed E-state index contributed by atoms with van der Waals surface area (Å²) in [4.78, 5) is 17.7. The summed E-state index contributed by atoms with van der Waals surface area (Å²) in [5, 5.41) is 8.79. The molecule has 2 aromatic rings. The molecule has 2 rings (SSSR count). The van der Waals surface area contributed by atoms with Gasteiger partial charge < -0.3 is 15.8 Å². The number of rotatable bonds is 4. The Morgan fingerprint density at radius 2 is 2.05 bits per heavy atom. The highest BCUT2D eigenvalue weighted by Crippen LogP contribution is 2.23. The first-order chi connectivity index (χ1) is 9.08. The summed E-state index contributed by atoms with van der Waals surface area (Å²) in [5.41, 5.74) is 8.02. The fourth-order valence-corrected chi connectivity index (χ4v) is 2.13. The predicted molar refractivity (Wildman–Crippen MR) is 75.2 cm³/mol. The molecule has 0 aliphatic carbocycles. The Morgan fingerprint density at radius 3 is 2.68 bits per heavy atom. The minimum Gasteiger partial charge on any atom is -0.481 e. The van der Waals surface area contributed by atoms with Crippen LogP contribution in [0.4, 0.5) is 5.95 Å². The molecule has 0 aliphatic heterocycles. The third-order valence-corrected chi connectivity index (χ3v) is 3.02. The van der Waals surface area contributed by atoms with Crippen LogP contribution in [-0.4, -0.2) is 21.0 Å². The molecule has 0 saturated carbocycles. The number of benzene rings is 1. The van der Waals surface area contributed by atoms with Gasteiger partial charge in [0.05, 0.1) is 5.69 Å². The normalized spacial score (nSPS) is 10.3. The van der Waals surface area contributed by atoms with Crippen molar-refractivity contribution in [3.05, 3.63) is 40.5 Å². The first kappa shape index (κ1) is 13.2. The van der Waals surface area contributed by atoms with Gasteiger partial charge in [-0.2, -0.15) is 0 Å². The molecule has 0 aliphatic rings. The Kier molecular flexibility index (Phi) is 3.91. The van der Waals surface area contributed by atoms with Gasteiger partial charge in [0, 0.05) is 12.0 Å². The second-order valence-electron chi connectivity index (χ2n) is 4.04. The number of H-pyrrole nitrogens is 1. The average Bonchev–Trinajstić information content (AvgIpc) is 2.37. The summed E-state index contributed by atoms with van der Waals surface area (Å²) >= 11 is 5.17. The maximum Gasteiger partial charge on any atom is 0.303 e. The fraction of sp³-hybridized carbons (Fsp3) is 0.154. The molecule has 0 spiro atoms. The quantitative estimate of drug-likeness (QED) is 0.745. The van der Waals surface area contributed by atoms with Gasteiger partial charge in [-0.1, -0.05) is 42.5 Å². The minimum atomic E-state index is -0.870. The van der Waals surface area contributed by atoms with E-state index in [1.807, 2.05) is 30.3 Å². The van der Waals surface area contributed by atoms with Gasteiger partial charge in [-0.05, 0) is 12.0 Å². The molecule has 1 aromatic carbocycles. The van der Waals surface area contributed by atoms with Gasteiger partial charge >= 0.3 is 5.97 Å². The number of carboxylic acids is 1. The Bertz CT molecular complexity index is 653. The van der Waals surface area contributed by atoms with Crippen LogP contribution in [0.3, 0.4) is 0 Å². The van der Waals surface area contributed by atoms with Crippen LogP contribution in [0, 0.1) is 4.64 Å². The number of aromatic nitrogens is 2. The van der Waals surface area contributed by atoms with Crippen molar-refractivity contribution in [2.45, 2.75) is 12.8 Å². The second-order valence-corrected chi connectivity index (χ2v) is 4.43. The molecule has 0 fully saturated rings. The van der Waals surface area contributed by atoms with Crippen LogP contribution in [0.1, 0.15) is 12.0 Å². The number of nitrogens with zero attached hydrogens (tertiary/aromatic N) is 1. The lowest BCUT2D eigenvalue weighted by molar-refractivity contribution is -0.136. The zero-order valence-corrected chi connectivity index (χ0v) is 10.9. The highest BCUT2D eigenvalue weighted by Gasteiger charge is 2.11. The number of aliphatic carboxylic acids is 1. The SMILES string of the molecule is Nc1nc(=S)c(CCC(=O)O)c(-c2ccccc2)[nH]1. The van der Waals surface area contributed by atoms with Crippen LogP contribution >= 0.6 is 12.2 Å². The molecule has 0 bridgehead atoms. The lowest BCUT2D eigenvalue weighted by atomic mass is 10.0. The molecule has 0 amide bonds. The highest BCUT2D eigenvalue weighted by molar-refractivity contribution is 7.71. The Balaban J connectivity index is 2.52. The van der Waals surface area contributed by atoms with Gasteiger partial charge in [0.25, 0.3) is 0 Å². The number of aromatic amines is 1. The van der Waals surface area contributed by atoms with Crippen LogP contribution in [0.25, 0.3) is 11.3 Å². The van der Waals surface area contributed by atoms with Gasteiger partial charge in [0.2, 0.25) is 0 Å². The topological polar surface area (TPSA) is 92.0 Å². The molecular formula is C13H13N3O2S. The molecule has 1 heterocycles. The molecule has 19 heavy (non-hydrogen) atoms. The van der Waals surface area contributed by atoms with Gasteiger partial charge in [0.1, 0.15) is 4.64 Å². The van der Waals surface area contributed by atoms with E-state index in [1.165, 1.54) is 0 Å². The Hall–Kier alpha value is -2.21. The first-order valence-electron chi connectivity index (χ1n) is 5.74. The van der Waals surface area contributed by atoms with Crippen molar-refractivity contribution < 1.29 is 9.90 Å². The van der Waals surface area contributed by atoms with Gasteiger partial charge in [-0.25, -0.2) is 4.98 Å². The largest absolute Gasteiger partial charge is 0.481 e. The lowest BCUT2D eigenvalue weighted by Gasteiger charge is -2.10. The van der Waals surface area contributed by atoms with E-state index < -0.39 is 5.97 Å². The molecule has 0 atom stereocenters. The van der Waals surface area contributed by atoms with Crippen LogP contribution < -0.4 is 5.73 Å². The standard InChI is InChI=1S/C13H13N3O2S/c14-13-15-11(8-4-2-1-3-5-8)9(12(19)16-13)6-7-10(17)18/h1-5H,6-7H2,(H,17,18)(H3,14,15,16,19). The van der Waals surface area contributed by atoms with Crippen molar-refractivity contribution >= 4 is 24.1 Å². The number of nitrogens with one attached hydrogen (secondary N) is 1. The van der Waals surface area contributed by atoms with E-state index in [9.17, 15) is 4.79 Å². The molecule has 4 N–H and O–H groups in total. The van der Waals surface area contributed by atoms with Crippen molar-refractivity contribution in [2.75, 3.05) is 5.73 Å². The summed E-state index contributed by atoms with van der Waals surface area (Å²) in [7, 11) is 0. The van der Waals surface area contributed by atoms with Crippen molar-refractivity contribution in [3.8, 4) is 11.3 Å². The third-order valence-electron chi connectivity index (χ3n) is 2.69.